The highest BCUT2D eigenvalue weighted by Crippen LogP contribution is 2.38. The maximum Gasteiger partial charge on any atom is 0.280 e. The summed E-state index contributed by atoms with van der Waals surface area (Å²) in [5.74, 6) is 0.112. The van der Waals surface area contributed by atoms with Crippen LogP contribution in [0.4, 0.5) is 0 Å². The van der Waals surface area contributed by atoms with Crippen molar-refractivity contribution >= 4 is 33.5 Å². The second kappa shape index (κ2) is 11.9. The minimum Gasteiger partial charge on any atom is -0.395 e. The van der Waals surface area contributed by atoms with Crippen LogP contribution in [0.25, 0.3) is 10.3 Å². The van der Waals surface area contributed by atoms with Crippen molar-refractivity contribution in [3.63, 3.8) is 0 Å². The summed E-state index contributed by atoms with van der Waals surface area (Å²) in [6.45, 7) is 7.71. The number of carbonyl (C=O) groups is 2. The lowest BCUT2D eigenvalue weighted by Gasteiger charge is -2.34. The van der Waals surface area contributed by atoms with E-state index in [1.165, 1.54) is 16.9 Å². The molecule has 0 spiro atoms. The maximum absolute atomic E-state index is 13.4. The molecular formula is C29H39N5O3S. The van der Waals surface area contributed by atoms with Gasteiger partial charge in [0.25, 0.3) is 11.8 Å². The fourth-order valence-corrected chi connectivity index (χ4v) is 5.79. The summed E-state index contributed by atoms with van der Waals surface area (Å²) in [7, 11) is 3.98. The van der Waals surface area contributed by atoms with E-state index in [1.807, 2.05) is 26.2 Å². The van der Waals surface area contributed by atoms with E-state index in [9.17, 15) is 9.59 Å². The smallest absolute Gasteiger partial charge is 0.280 e. The number of amides is 2. The van der Waals surface area contributed by atoms with Crippen molar-refractivity contribution in [2.45, 2.75) is 52.5 Å². The quantitative estimate of drug-likeness (QED) is 0.381. The van der Waals surface area contributed by atoms with E-state index in [1.54, 1.807) is 12.1 Å². The van der Waals surface area contributed by atoms with Crippen LogP contribution in [0, 0.1) is 11.3 Å². The Kier molecular flexibility index (Phi) is 8.80. The zero-order valence-electron chi connectivity index (χ0n) is 23.0. The number of fused-ring (bicyclic) bond motifs is 2. The second-order valence-corrected chi connectivity index (χ2v) is 12.4. The van der Waals surface area contributed by atoms with E-state index in [-0.39, 0.29) is 36.4 Å². The number of hydrogen-bond donors (Lipinski definition) is 3. The molecule has 1 aliphatic carbocycles. The highest BCUT2D eigenvalue weighted by atomic mass is 32.1. The van der Waals surface area contributed by atoms with Gasteiger partial charge < -0.3 is 20.6 Å². The van der Waals surface area contributed by atoms with Crippen molar-refractivity contribution in [1.29, 1.82) is 0 Å². The van der Waals surface area contributed by atoms with Gasteiger partial charge in [-0.3, -0.25) is 9.59 Å². The summed E-state index contributed by atoms with van der Waals surface area (Å²) in [5, 5.41) is 15.2. The van der Waals surface area contributed by atoms with Gasteiger partial charge in [-0.05, 0) is 87.0 Å². The van der Waals surface area contributed by atoms with Crippen LogP contribution >= 0.6 is 11.3 Å². The maximum atomic E-state index is 13.4. The summed E-state index contributed by atoms with van der Waals surface area (Å²) < 4.78 is 0. The standard InChI is InChI=1S/C29H39N5O3S/c1-29(2,3)21-9-10-22-20(16-21)17-24-27(32-22)38-28(33-24)26(37)31-23(11-13-34(4)5)18-7-6-8-19(15-18)25(36)30-12-14-35/h6-8,15,17,21,23,35H,9-14,16H2,1-5H3,(H,30,36)(H,31,37)/t21-,23+/m0/s1. The largest absolute Gasteiger partial charge is 0.395 e. The first-order chi connectivity index (χ1) is 18.0. The van der Waals surface area contributed by atoms with Gasteiger partial charge in [0, 0.05) is 17.8 Å². The van der Waals surface area contributed by atoms with Gasteiger partial charge in [-0.15, -0.1) is 0 Å². The van der Waals surface area contributed by atoms with Gasteiger partial charge in [-0.1, -0.05) is 44.2 Å². The molecule has 2 atom stereocenters. The topological polar surface area (TPSA) is 107 Å². The lowest BCUT2D eigenvalue weighted by Crippen LogP contribution is -2.31. The molecule has 1 aliphatic rings. The van der Waals surface area contributed by atoms with E-state index >= 15 is 0 Å². The average molecular weight is 538 g/mol. The van der Waals surface area contributed by atoms with Gasteiger partial charge in [0.15, 0.2) is 5.01 Å². The van der Waals surface area contributed by atoms with Crippen LogP contribution in [-0.4, -0.2) is 65.6 Å². The minimum absolute atomic E-state index is 0.121. The van der Waals surface area contributed by atoms with Crippen LogP contribution in [-0.2, 0) is 12.8 Å². The number of nitrogens with one attached hydrogen (secondary N) is 2. The van der Waals surface area contributed by atoms with Gasteiger partial charge in [0.05, 0.1) is 12.6 Å². The summed E-state index contributed by atoms with van der Waals surface area (Å²) >= 11 is 1.33. The molecule has 3 aromatic rings. The Morgan fingerprint density at radius 3 is 2.68 bits per heavy atom. The molecule has 2 amide bonds. The molecule has 1 aromatic carbocycles. The van der Waals surface area contributed by atoms with Gasteiger partial charge in [-0.25, -0.2) is 9.97 Å². The zero-order valence-corrected chi connectivity index (χ0v) is 23.8. The normalized spacial score (nSPS) is 16.3. The number of aromatic nitrogens is 2. The van der Waals surface area contributed by atoms with E-state index in [0.717, 1.165) is 47.4 Å². The first kappa shape index (κ1) is 28.1. The third-order valence-electron chi connectivity index (χ3n) is 7.29. The predicted octanol–water partition coefficient (Wildman–Crippen LogP) is 3.99. The molecule has 38 heavy (non-hydrogen) atoms. The van der Waals surface area contributed by atoms with Crippen molar-refractivity contribution in [2.75, 3.05) is 33.8 Å². The zero-order chi connectivity index (χ0) is 27.4. The van der Waals surface area contributed by atoms with Crippen LogP contribution in [0.3, 0.4) is 0 Å². The minimum atomic E-state index is -0.295. The molecule has 2 heterocycles. The van der Waals surface area contributed by atoms with Crippen molar-refractivity contribution in [3.8, 4) is 0 Å². The number of hydrogen-bond acceptors (Lipinski definition) is 7. The van der Waals surface area contributed by atoms with Crippen molar-refractivity contribution in [2.24, 2.45) is 11.3 Å². The molecule has 0 radical (unpaired) electrons. The molecule has 0 bridgehead atoms. The molecule has 0 fully saturated rings. The van der Waals surface area contributed by atoms with Crippen LogP contribution < -0.4 is 10.6 Å². The van der Waals surface area contributed by atoms with Gasteiger partial charge in [0.2, 0.25) is 0 Å². The first-order valence-electron chi connectivity index (χ1n) is 13.3. The van der Waals surface area contributed by atoms with E-state index in [0.29, 0.717) is 22.9 Å². The molecule has 2 aromatic heterocycles. The number of carbonyl (C=O) groups excluding carboxylic acids is 2. The number of aliphatic hydroxyl groups is 1. The van der Waals surface area contributed by atoms with E-state index in [4.69, 9.17) is 10.1 Å². The number of aliphatic hydroxyl groups excluding tert-OH is 1. The van der Waals surface area contributed by atoms with E-state index < -0.39 is 0 Å². The fraction of sp³-hybridized carbons (Fsp3) is 0.517. The molecular weight excluding hydrogens is 498 g/mol. The highest BCUT2D eigenvalue weighted by molar-refractivity contribution is 7.19. The Bertz CT molecular complexity index is 1300. The van der Waals surface area contributed by atoms with Crippen LogP contribution in [0.1, 0.15) is 76.6 Å². The Morgan fingerprint density at radius 1 is 1.18 bits per heavy atom. The average Bonchev–Trinajstić information content (AvgIpc) is 3.30. The van der Waals surface area contributed by atoms with Crippen LogP contribution in [0.15, 0.2) is 30.3 Å². The fourth-order valence-electron chi connectivity index (χ4n) is 4.95. The van der Waals surface area contributed by atoms with Crippen LogP contribution in [0.2, 0.25) is 0 Å². The Balaban J connectivity index is 1.56. The first-order valence-corrected chi connectivity index (χ1v) is 14.1. The summed E-state index contributed by atoms with van der Waals surface area (Å²) in [5.41, 5.74) is 4.75. The monoisotopic (exact) mass is 537 g/mol. The van der Waals surface area contributed by atoms with E-state index in [2.05, 4.69) is 47.4 Å². The summed E-state index contributed by atoms with van der Waals surface area (Å²) in [6.07, 6.45) is 3.76. The molecule has 4 rings (SSSR count). The Hall–Kier alpha value is -2.88. The summed E-state index contributed by atoms with van der Waals surface area (Å²) in [4.78, 5) is 38.3. The molecule has 0 saturated carbocycles. The third-order valence-corrected chi connectivity index (χ3v) is 8.25. The number of pyridine rings is 1. The SMILES string of the molecule is CN(C)CC[C@@H](NC(=O)c1nc2cc3c(nc2s1)CC[C@H](C(C)(C)C)C3)c1cccc(C(=O)NCCO)c1. The number of aryl methyl sites for hydroxylation is 1. The number of thiazole rings is 1. The number of nitrogens with zero attached hydrogens (tertiary/aromatic N) is 3. The summed E-state index contributed by atoms with van der Waals surface area (Å²) in [6, 6.07) is 9.09. The Morgan fingerprint density at radius 2 is 1.97 bits per heavy atom. The molecule has 3 N–H and O–H groups in total. The van der Waals surface area contributed by atoms with Gasteiger partial charge >= 0.3 is 0 Å². The lowest BCUT2D eigenvalue weighted by atomic mass is 9.71. The molecule has 0 unspecified atom stereocenters. The Labute approximate surface area is 228 Å². The predicted molar refractivity (Wildman–Crippen MR) is 152 cm³/mol. The molecule has 9 heteroatoms. The van der Waals surface area contributed by atoms with Crippen LogP contribution in [0.5, 0.6) is 0 Å². The van der Waals surface area contributed by atoms with Gasteiger partial charge in [-0.2, -0.15) is 0 Å². The molecule has 0 saturated heterocycles. The number of benzene rings is 1. The lowest BCUT2D eigenvalue weighted by molar-refractivity contribution is 0.0931. The third kappa shape index (κ3) is 6.76. The molecule has 204 valence electrons. The van der Waals surface area contributed by atoms with Crippen molar-refractivity contribution in [3.05, 3.63) is 57.7 Å². The highest BCUT2D eigenvalue weighted by Gasteiger charge is 2.30. The second-order valence-electron chi connectivity index (χ2n) is 11.5. The molecule has 8 nitrogen and oxygen atoms in total. The van der Waals surface area contributed by atoms with Gasteiger partial charge in [0.1, 0.15) is 10.3 Å². The van der Waals surface area contributed by atoms with Crippen molar-refractivity contribution < 1.29 is 14.7 Å². The number of rotatable bonds is 9. The molecule has 0 aliphatic heterocycles. The van der Waals surface area contributed by atoms with Crippen molar-refractivity contribution in [1.82, 2.24) is 25.5 Å².